The van der Waals surface area contributed by atoms with Crippen molar-refractivity contribution in [2.45, 2.75) is 32.7 Å². The van der Waals surface area contributed by atoms with Crippen LogP contribution in [0.2, 0.25) is 0 Å². The summed E-state index contributed by atoms with van der Waals surface area (Å²) in [4.78, 5) is 11.7. The van der Waals surface area contributed by atoms with Gasteiger partial charge >= 0.3 is 5.97 Å². The molecule has 2 rings (SSSR count). The van der Waals surface area contributed by atoms with E-state index in [0.29, 0.717) is 52.2 Å². The number of carbonyl (C=O) groups excluding carboxylic acids is 1. The number of piperazine rings is 1. The van der Waals surface area contributed by atoms with Crippen molar-refractivity contribution in [1.82, 2.24) is 13.9 Å². The normalized spacial score (nSPS) is 26.7. The number of piperidine rings is 1. The molecule has 0 aromatic carbocycles. The third-order valence-corrected chi connectivity index (χ3v) is 6.06. The van der Waals surface area contributed by atoms with Gasteiger partial charge in [-0.3, -0.25) is 4.79 Å². The quantitative estimate of drug-likeness (QED) is 0.726. The minimum atomic E-state index is -3.40. The largest absolute Gasteiger partial charge is 0.466 e. The minimum Gasteiger partial charge on any atom is -0.466 e. The Morgan fingerprint density at radius 3 is 2.48 bits per heavy atom. The number of esters is 1. The van der Waals surface area contributed by atoms with Crippen LogP contribution in [0.1, 0.15) is 26.7 Å². The number of hydrogen-bond donors (Lipinski definition) is 1. The first-order valence-electron chi connectivity index (χ1n) is 7.60. The molecule has 8 heteroatoms. The Morgan fingerprint density at radius 2 is 1.90 bits per heavy atom. The minimum absolute atomic E-state index is 0.168. The van der Waals surface area contributed by atoms with Crippen molar-refractivity contribution in [2.75, 3.05) is 39.3 Å². The topological polar surface area (TPSA) is 79.0 Å². The molecule has 2 fully saturated rings. The molecule has 0 radical (unpaired) electrons. The van der Waals surface area contributed by atoms with Crippen molar-refractivity contribution >= 4 is 16.2 Å². The Hall–Kier alpha value is -0.700. The summed E-state index contributed by atoms with van der Waals surface area (Å²) in [5.41, 5.74) is 0. The average molecular weight is 319 g/mol. The maximum Gasteiger partial charge on any atom is 0.309 e. The molecule has 2 aliphatic rings. The maximum atomic E-state index is 12.6. The summed E-state index contributed by atoms with van der Waals surface area (Å²) < 4.78 is 33.2. The number of ether oxygens (including phenoxy) is 1. The van der Waals surface area contributed by atoms with Gasteiger partial charge in [-0.05, 0) is 26.7 Å². The van der Waals surface area contributed by atoms with Crippen LogP contribution in [0.15, 0.2) is 0 Å². The van der Waals surface area contributed by atoms with Gasteiger partial charge in [-0.2, -0.15) is 17.0 Å². The Labute approximate surface area is 126 Å². The summed E-state index contributed by atoms with van der Waals surface area (Å²) in [6.07, 6.45) is 1.08. The van der Waals surface area contributed by atoms with E-state index in [0.717, 1.165) is 0 Å². The summed E-state index contributed by atoms with van der Waals surface area (Å²) >= 11 is 0. The lowest BCUT2D eigenvalue weighted by atomic mass is 9.98. The van der Waals surface area contributed by atoms with E-state index in [9.17, 15) is 13.2 Å². The Balaban J connectivity index is 1.93. The molecule has 21 heavy (non-hydrogen) atoms. The van der Waals surface area contributed by atoms with Crippen LogP contribution in [-0.2, 0) is 19.7 Å². The standard InChI is InChI=1S/C13H25N3O4S/c1-3-20-13(17)12-4-7-15(8-5-12)21(18,19)16-9-6-14-11(2)10-16/h11-12,14H,3-10H2,1-2H3/t11-/m0/s1. The molecule has 122 valence electrons. The van der Waals surface area contributed by atoms with Crippen LogP contribution in [0.5, 0.6) is 0 Å². The fourth-order valence-electron chi connectivity index (χ4n) is 2.85. The van der Waals surface area contributed by atoms with E-state index in [-0.39, 0.29) is 17.9 Å². The summed E-state index contributed by atoms with van der Waals surface area (Å²) in [5.74, 6) is -0.372. The van der Waals surface area contributed by atoms with Crippen molar-refractivity contribution in [3.8, 4) is 0 Å². The molecular weight excluding hydrogens is 294 g/mol. The lowest BCUT2D eigenvalue weighted by molar-refractivity contribution is -0.149. The predicted octanol–water partition coefficient (Wildman–Crippen LogP) is -0.200. The zero-order valence-corrected chi connectivity index (χ0v) is 13.6. The number of rotatable bonds is 4. The van der Waals surface area contributed by atoms with Gasteiger partial charge in [0.15, 0.2) is 0 Å². The molecule has 0 aromatic rings. The molecule has 0 aliphatic carbocycles. The molecule has 1 N–H and O–H groups in total. The van der Waals surface area contributed by atoms with Gasteiger partial charge < -0.3 is 10.1 Å². The zero-order valence-electron chi connectivity index (χ0n) is 12.7. The van der Waals surface area contributed by atoms with Gasteiger partial charge in [0, 0.05) is 38.8 Å². The first-order chi connectivity index (χ1) is 9.95. The van der Waals surface area contributed by atoms with E-state index < -0.39 is 10.2 Å². The van der Waals surface area contributed by atoms with Gasteiger partial charge in [0.1, 0.15) is 0 Å². The summed E-state index contributed by atoms with van der Waals surface area (Å²) in [7, 11) is -3.40. The highest BCUT2D eigenvalue weighted by Gasteiger charge is 2.36. The number of hydrogen-bond acceptors (Lipinski definition) is 5. The average Bonchev–Trinajstić information content (AvgIpc) is 2.47. The van der Waals surface area contributed by atoms with Gasteiger partial charge in [-0.15, -0.1) is 0 Å². The second kappa shape index (κ2) is 7.04. The van der Waals surface area contributed by atoms with E-state index in [1.165, 1.54) is 4.31 Å². The number of nitrogens with zero attached hydrogens (tertiary/aromatic N) is 2. The van der Waals surface area contributed by atoms with E-state index in [2.05, 4.69) is 5.32 Å². The third kappa shape index (κ3) is 3.94. The fourth-order valence-corrected chi connectivity index (χ4v) is 4.58. The van der Waals surface area contributed by atoms with Crippen molar-refractivity contribution in [2.24, 2.45) is 5.92 Å². The van der Waals surface area contributed by atoms with E-state index >= 15 is 0 Å². The molecule has 0 bridgehead atoms. The molecule has 2 saturated heterocycles. The van der Waals surface area contributed by atoms with Crippen molar-refractivity contribution < 1.29 is 17.9 Å². The molecule has 1 atom stereocenters. The maximum absolute atomic E-state index is 12.6. The van der Waals surface area contributed by atoms with Crippen molar-refractivity contribution in [3.05, 3.63) is 0 Å². The highest BCUT2D eigenvalue weighted by atomic mass is 32.2. The summed E-state index contributed by atoms with van der Waals surface area (Å²) in [6, 6.07) is 0.172. The molecule has 0 amide bonds. The highest BCUT2D eigenvalue weighted by molar-refractivity contribution is 7.86. The second-order valence-electron chi connectivity index (χ2n) is 5.65. The van der Waals surface area contributed by atoms with Gasteiger partial charge in [0.25, 0.3) is 10.2 Å². The van der Waals surface area contributed by atoms with Crippen LogP contribution in [0.25, 0.3) is 0 Å². The molecule has 7 nitrogen and oxygen atoms in total. The van der Waals surface area contributed by atoms with Gasteiger partial charge in [-0.25, -0.2) is 0 Å². The van der Waals surface area contributed by atoms with Gasteiger partial charge in [0.2, 0.25) is 0 Å². The van der Waals surface area contributed by atoms with Crippen LogP contribution in [0.3, 0.4) is 0 Å². The molecule has 2 aliphatic heterocycles. The zero-order chi connectivity index (χ0) is 15.5. The fraction of sp³-hybridized carbons (Fsp3) is 0.923. The predicted molar refractivity (Wildman–Crippen MR) is 78.9 cm³/mol. The smallest absolute Gasteiger partial charge is 0.309 e. The van der Waals surface area contributed by atoms with Crippen LogP contribution < -0.4 is 5.32 Å². The number of carbonyl (C=O) groups is 1. The lowest BCUT2D eigenvalue weighted by Gasteiger charge is -2.37. The monoisotopic (exact) mass is 319 g/mol. The first-order valence-corrected chi connectivity index (χ1v) is 9.00. The van der Waals surface area contributed by atoms with Crippen LogP contribution >= 0.6 is 0 Å². The molecule has 0 saturated carbocycles. The molecule has 0 unspecified atom stereocenters. The van der Waals surface area contributed by atoms with Gasteiger partial charge in [0.05, 0.1) is 12.5 Å². The Morgan fingerprint density at radius 1 is 1.24 bits per heavy atom. The van der Waals surface area contributed by atoms with E-state index in [1.807, 2.05) is 6.92 Å². The highest BCUT2D eigenvalue weighted by Crippen LogP contribution is 2.23. The van der Waals surface area contributed by atoms with Crippen LogP contribution in [-0.4, -0.2) is 68.4 Å². The molecule has 0 spiro atoms. The van der Waals surface area contributed by atoms with E-state index in [4.69, 9.17) is 4.74 Å². The lowest BCUT2D eigenvalue weighted by Crippen LogP contribution is -2.56. The van der Waals surface area contributed by atoms with E-state index in [1.54, 1.807) is 11.2 Å². The van der Waals surface area contributed by atoms with Gasteiger partial charge in [-0.1, -0.05) is 0 Å². The summed E-state index contributed by atoms with van der Waals surface area (Å²) in [5, 5.41) is 3.24. The van der Waals surface area contributed by atoms with Crippen LogP contribution in [0, 0.1) is 5.92 Å². The second-order valence-corrected chi connectivity index (χ2v) is 7.57. The Bertz CT molecular complexity index is 460. The SMILES string of the molecule is CCOC(=O)C1CCN(S(=O)(=O)N2CCN[C@@H](C)C2)CC1. The molecule has 0 aromatic heterocycles. The van der Waals surface area contributed by atoms with Crippen LogP contribution in [0.4, 0.5) is 0 Å². The van der Waals surface area contributed by atoms with Crippen molar-refractivity contribution in [1.29, 1.82) is 0 Å². The first kappa shape index (κ1) is 16.7. The van der Waals surface area contributed by atoms with Crippen molar-refractivity contribution in [3.63, 3.8) is 0 Å². The third-order valence-electron chi connectivity index (χ3n) is 4.06. The Kier molecular flexibility index (Phi) is 5.59. The summed E-state index contributed by atoms with van der Waals surface area (Å²) in [6.45, 7) is 6.60. The molecular formula is C13H25N3O4S. The number of nitrogens with one attached hydrogen (secondary N) is 1. The molecule has 2 heterocycles.